The number of carbonyl (C=O) groups is 2. The molecular weight excluding hydrogens is 272 g/mol. The highest BCUT2D eigenvalue weighted by Gasteiger charge is 2.20. The van der Waals surface area contributed by atoms with Crippen LogP contribution in [-0.2, 0) is 9.53 Å². The third kappa shape index (κ3) is 4.11. The number of carboxylic acids is 1. The predicted octanol–water partition coefficient (Wildman–Crippen LogP) is 1.34. The van der Waals surface area contributed by atoms with Gasteiger partial charge in [-0.05, 0) is 12.1 Å². The second-order valence-electron chi connectivity index (χ2n) is 3.84. The van der Waals surface area contributed by atoms with Gasteiger partial charge < -0.3 is 20.9 Å². The molecule has 0 aliphatic carbocycles. The van der Waals surface area contributed by atoms with Crippen LogP contribution in [0.25, 0.3) is 0 Å². The monoisotopic (exact) mass is 286 g/mol. The van der Waals surface area contributed by atoms with Gasteiger partial charge in [-0.25, -0.2) is 4.79 Å². The zero-order valence-corrected chi connectivity index (χ0v) is 11.1. The van der Waals surface area contributed by atoms with E-state index in [0.29, 0.717) is 5.69 Å². The van der Waals surface area contributed by atoms with Crippen molar-refractivity contribution < 1.29 is 19.4 Å². The number of nitrogens with two attached hydrogens (primary N) is 1. The number of rotatable bonds is 7. The molecule has 0 spiro atoms. The number of carbonyl (C=O) groups excluding carboxylic acids is 1. The van der Waals surface area contributed by atoms with Gasteiger partial charge >= 0.3 is 5.97 Å². The van der Waals surface area contributed by atoms with E-state index in [2.05, 4.69) is 5.32 Å². The third-order valence-corrected chi connectivity index (χ3v) is 2.81. The molecule has 1 rings (SSSR count). The van der Waals surface area contributed by atoms with E-state index in [4.69, 9.17) is 27.2 Å². The van der Waals surface area contributed by atoms with Gasteiger partial charge in [0, 0.05) is 25.8 Å². The van der Waals surface area contributed by atoms with Crippen molar-refractivity contribution in [2.75, 3.05) is 19.0 Å². The van der Waals surface area contributed by atoms with Crippen molar-refractivity contribution in [2.45, 2.75) is 12.5 Å². The van der Waals surface area contributed by atoms with Gasteiger partial charge in [-0.15, -0.1) is 0 Å². The predicted molar refractivity (Wildman–Crippen MR) is 71.5 cm³/mol. The molecule has 0 fully saturated rings. The first kappa shape index (κ1) is 15.3. The molecule has 1 amide bonds. The Morgan fingerprint density at radius 1 is 1.53 bits per heavy atom. The molecule has 0 heterocycles. The Balaban J connectivity index is 2.99. The number of ether oxygens (including phenoxy) is 1. The minimum Gasteiger partial charge on any atom is -0.480 e. The normalized spacial score (nSPS) is 11.9. The molecule has 0 aliphatic rings. The summed E-state index contributed by atoms with van der Waals surface area (Å²) in [6, 6.07) is 3.77. The van der Waals surface area contributed by atoms with Crippen LogP contribution in [0.1, 0.15) is 16.8 Å². The number of primary amides is 1. The molecule has 6 nitrogen and oxygen atoms in total. The fraction of sp³-hybridized carbons (Fsp3) is 0.333. The Morgan fingerprint density at radius 3 is 2.74 bits per heavy atom. The largest absolute Gasteiger partial charge is 0.480 e. The molecule has 4 N–H and O–H groups in total. The van der Waals surface area contributed by atoms with Gasteiger partial charge in [0.25, 0.3) is 5.91 Å². The first-order valence-corrected chi connectivity index (χ1v) is 5.91. The van der Waals surface area contributed by atoms with Crippen LogP contribution < -0.4 is 11.1 Å². The fourth-order valence-corrected chi connectivity index (χ4v) is 1.84. The van der Waals surface area contributed by atoms with E-state index in [-0.39, 0.29) is 23.6 Å². The van der Waals surface area contributed by atoms with Crippen molar-refractivity contribution in [1.82, 2.24) is 0 Å². The van der Waals surface area contributed by atoms with E-state index in [1.165, 1.54) is 13.2 Å². The molecule has 19 heavy (non-hydrogen) atoms. The molecule has 7 heteroatoms. The molecule has 104 valence electrons. The van der Waals surface area contributed by atoms with Crippen LogP contribution >= 0.6 is 11.6 Å². The zero-order chi connectivity index (χ0) is 14.4. The molecule has 0 bridgehead atoms. The lowest BCUT2D eigenvalue weighted by molar-refractivity contribution is -0.138. The lowest BCUT2D eigenvalue weighted by atomic mass is 10.1. The Labute approximate surface area is 115 Å². The van der Waals surface area contributed by atoms with Crippen LogP contribution in [0.4, 0.5) is 5.69 Å². The summed E-state index contributed by atoms with van der Waals surface area (Å²) in [5.41, 5.74) is 5.60. The van der Waals surface area contributed by atoms with E-state index >= 15 is 0 Å². The SMILES string of the molecule is COCCC(Nc1cccc(Cl)c1C(N)=O)C(=O)O. The van der Waals surface area contributed by atoms with Gasteiger partial charge in [0.1, 0.15) is 6.04 Å². The van der Waals surface area contributed by atoms with E-state index in [0.717, 1.165) is 0 Å². The lowest BCUT2D eigenvalue weighted by Crippen LogP contribution is -2.31. The second kappa shape index (κ2) is 6.96. The van der Waals surface area contributed by atoms with E-state index in [1.54, 1.807) is 12.1 Å². The van der Waals surface area contributed by atoms with Crippen molar-refractivity contribution in [1.29, 1.82) is 0 Å². The number of anilines is 1. The summed E-state index contributed by atoms with van der Waals surface area (Å²) in [6.07, 6.45) is 0.247. The summed E-state index contributed by atoms with van der Waals surface area (Å²) >= 11 is 5.88. The van der Waals surface area contributed by atoms with E-state index < -0.39 is 17.9 Å². The minimum atomic E-state index is -1.05. The highest BCUT2D eigenvalue weighted by Crippen LogP contribution is 2.24. The molecule has 1 unspecified atom stereocenters. The molecule has 0 radical (unpaired) electrons. The first-order chi connectivity index (χ1) is 8.97. The van der Waals surface area contributed by atoms with Gasteiger partial charge in [0.15, 0.2) is 0 Å². The molecule has 0 saturated carbocycles. The zero-order valence-electron chi connectivity index (χ0n) is 10.4. The number of halogens is 1. The molecule has 1 aromatic carbocycles. The Morgan fingerprint density at radius 2 is 2.21 bits per heavy atom. The van der Waals surface area contributed by atoms with Gasteiger partial charge in [-0.1, -0.05) is 17.7 Å². The van der Waals surface area contributed by atoms with Crippen molar-refractivity contribution in [3.05, 3.63) is 28.8 Å². The number of hydrogen-bond acceptors (Lipinski definition) is 4. The molecule has 1 atom stereocenters. The maximum Gasteiger partial charge on any atom is 0.326 e. The third-order valence-electron chi connectivity index (χ3n) is 2.50. The smallest absolute Gasteiger partial charge is 0.326 e. The number of hydrogen-bond donors (Lipinski definition) is 3. The maximum atomic E-state index is 11.3. The van der Waals surface area contributed by atoms with Crippen LogP contribution in [0.5, 0.6) is 0 Å². The number of carboxylic acid groups (broad SMARTS) is 1. The van der Waals surface area contributed by atoms with E-state index in [9.17, 15) is 9.59 Å². The molecular formula is C12H15ClN2O4. The molecule has 1 aromatic rings. The standard InChI is InChI=1S/C12H15ClN2O4/c1-19-6-5-9(12(17)18)15-8-4-2-3-7(13)10(8)11(14)16/h2-4,9,15H,5-6H2,1H3,(H2,14,16)(H,17,18). The van der Waals surface area contributed by atoms with Gasteiger partial charge in [-0.2, -0.15) is 0 Å². The average molecular weight is 287 g/mol. The summed E-state index contributed by atoms with van der Waals surface area (Å²) in [7, 11) is 1.48. The summed E-state index contributed by atoms with van der Waals surface area (Å²) in [6.45, 7) is 0.274. The fourth-order valence-electron chi connectivity index (χ4n) is 1.58. The van der Waals surface area contributed by atoms with Crippen molar-refractivity contribution >= 4 is 29.2 Å². The topological polar surface area (TPSA) is 102 Å². The van der Waals surface area contributed by atoms with Crippen LogP contribution in [0.3, 0.4) is 0 Å². The lowest BCUT2D eigenvalue weighted by Gasteiger charge is -2.17. The second-order valence-corrected chi connectivity index (χ2v) is 4.25. The van der Waals surface area contributed by atoms with Gasteiger partial charge in [0.05, 0.1) is 10.6 Å². The molecule has 0 aromatic heterocycles. The summed E-state index contributed by atoms with van der Waals surface area (Å²) in [4.78, 5) is 22.4. The van der Waals surface area contributed by atoms with E-state index in [1.807, 2.05) is 0 Å². The van der Waals surface area contributed by atoms with Crippen LogP contribution in [0, 0.1) is 0 Å². The highest BCUT2D eigenvalue weighted by atomic mass is 35.5. The number of aliphatic carboxylic acids is 1. The number of amides is 1. The van der Waals surface area contributed by atoms with Crippen LogP contribution in [-0.4, -0.2) is 36.7 Å². The summed E-state index contributed by atoms with van der Waals surface area (Å²) in [5.74, 6) is -1.77. The highest BCUT2D eigenvalue weighted by molar-refractivity contribution is 6.34. The quantitative estimate of drug-likeness (QED) is 0.702. The van der Waals surface area contributed by atoms with Gasteiger partial charge in [0.2, 0.25) is 0 Å². The van der Waals surface area contributed by atoms with Crippen molar-refractivity contribution in [2.24, 2.45) is 5.73 Å². The number of methoxy groups -OCH3 is 1. The number of benzene rings is 1. The van der Waals surface area contributed by atoms with Gasteiger partial charge in [-0.3, -0.25) is 4.79 Å². The van der Waals surface area contributed by atoms with Crippen molar-refractivity contribution in [3.8, 4) is 0 Å². The summed E-state index contributed by atoms with van der Waals surface area (Å²) < 4.78 is 4.84. The average Bonchev–Trinajstić information content (AvgIpc) is 2.33. The maximum absolute atomic E-state index is 11.3. The van der Waals surface area contributed by atoms with Crippen molar-refractivity contribution in [3.63, 3.8) is 0 Å². The van der Waals surface area contributed by atoms with Crippen LogP contribution in [0.15, 0.2) is 18.2 Å². The number of nitrogens with one attached hydrogen (secondary N) is 1. The first-order valence-electron chi connectivity index (χ1n) is 5.54. The van der Waals surface area contributed by atoms with Crippen LogP contribution in [0.2, 0.25) is 5.02 Å². The Bertz CT molecular complexity index is 479. The summed E-state index contributed by atoms with van der Waals surface area (Å²) in [5, 5.41) is 12.0. The molecule has 0 saturated heterocycles. The minimum absolute atomic E-state index is 0.0767. The Kier molecular flexibility index (Phi) is 5.59. The molecule has 0 aliphatic heterocycles. The Hall–Kier alpha value is -1.79.